The number of aryl methyl sites for hydroxylation is 1. The molecule has 0 heterocycles. The fourth-order valence-corrected chi connectivity index (χ4v) is 3.82. The largest absolute Gasteiger partial charge is 0.0622 e. The summed E-state index contributed by atoms with van der Waals surface area (Å²) in [6.07, 6.45) is 0. The topological polar surface area (TPSA) is 0 Å². The summed E-state index contributed by atoms with van der Waals surface area (Å²) in [6, 6.07) is 33.1. The normalized spacial score (nSPS) is 11.4. The van der Waals surface area contributed by atoms with E-state index in [0.717, 1.165) is 0 Å². The fraction of sp³-hybridized carbons (Fsp3) is 0.0400. The van der Waals surface area contributed by atoms with Gasteiger partial charge in [-0.05, 0) is 56.4 Å². The molecule has 0 bridgehead atoms. The second kappa shape index (κ2) is 5.46. The lowest BCUT2D eigenvalue weighted by Gasteiger charge is -2.10. The van der Waals surface area contributed by atoms with Crippen molar-refractivity contribution in [2.45, 2.75) is 6.92 Å². The molecule has 0 heteroatoms. The van der Waals surface area contributed by atoms with Crippen molar-refractivity contribution in [3.8, 4) is 11.1 Å². The third kappa shape index (κ3) is 2.30. The van der Waals surface area contributed by atoms with Gasteiger partial charge in [0, 0.05) is 0 Å². The molecule has 0 amide bonds. The highest BCUT2D eigenvalue weighted by Gasteiger charge is 2.06. The number of fused-ring (bicyclic) bond motifs is 5. The second-order valence-corrected chi connectivity index (χ2v) is 6.75. The van der Waals surface area contributed by atoms with Crippen molar-refractivity contribution in [3.05, 3.63) is 96.6 Å². The molecule has 0 nitrogen and oxygen atoms in total. The third-order valence-electron chi connectivity index (χ3n) is 5.10. The van der Waals surface area contributed by atoms with E-state index in [1.807, 2.05) is 0 Å². The van der Waals surface area contributed by atoms with Crippen LogP contribution in [0, 0.1) is 6.92 Å². The van der Waals surface area contributed by atoms with Crippen LogP contribution >= 0.6 is 0 Å². The molecule has 0 aliphatic rings. The number of rotatable bonds is 1. The van der Waals surface area contributed by atoms with Crippen molar-refractivity contribution in [2.24, 2.45) is 0 Å². The second-order valence-electron chi connectivity index (χ2n) is 6.75. The van der Waals surface area contributed by atoms with E-state index in [-0.39, 0.29) is 0 Å². The summed E-state index contributed by atoms with van der Waals surface area (Å²) in [7, 11) is 0. The van der Waals surface area contributed by atoms with Gasteiger partial charge in [-0.1, -0.05) is 90.5 Å². The van der Waals surface area contributed by atoms with Crippen molar-refractivity contribution >= 4 is 32.3 Å². The molecule has 0 aliphatic heterocycles. The highest BCUT2D eigenvalue weighted by molar-refractivity contribution is 6.17. The van der Waals surface area contributed by atoms with Gasteiger partial charge in [0.1, 0.15) is 0 Å². The third-order valence-corrected chi connectivity index (χ3v) is 5.10. The highest BCUT2D eigenvalue weighted by atomic mass is 14.1. The Kier molecular flexibility index (Phi) is 3.11. The summed E-state index contributed by atoms with van der Waals surface area (Å²) in [6.45, 7) is 2.15. The summed E-state index contributed by atoms with van der Waals surface area (Å²) in [4.78, 5) is 0. The van der Waals surface area contributed by atoms with Crippen molar-refractivity contribution in [1.29, 1.82) is 0 Å². The lowest BCUT2D eigenvalue weighted by atomic mass is 9.94. The van der Waals surface area contributed by atoms with Gasteiger partial charge in [0.05, 0.1) is 0 Å². The van der Waals surface area contributed by atoms with Crippen LogP contribution in [0.1, 0.15) is 5.56 Å². The van der Waals surface area contributed by atoms with Crippen LogP contribution in [0.15, 0.2) is 91.0 Å². The minimum absolute atomic E-state index is 1.26. The summed E-state index contributed by atoms with van der Waals surface area (Å²) in [5.74, 6) is 0. The van der Waals surface area contributed by atoms with Gasteiger partial charge >= 0.3 is 0 Å². The van der Waals surface area contributed by atoms with Gasteiger partial charge in [-0.2, -0.15) is 0 Å². The van der Waals surface area contributed by atoms with Crippen LogP contribution < -0.4 is 0 Å². The SMILES string of the molecule is Cc1ccc2c(ccc3c4ccc(-c5ccccc5)cc4ccc23)c1. The van der Waals surface area contributed by atoms with E-state index in [9.17, 15) is 0 Å². The molecule has 5 aromatic carbocycles. The van der Waals surface area contributed by atoms with Crippen LogP contribution in [0.3, 0.4) is 0 Å². The maximum absolute atomic E-state index is 2.30. The van der Waals surface area contributed by atoms with E-state index in [2.05, 4.69) is 97.9 Å². The molecule has 0 aliphatic carbocycles. The highest BCUT2D eigenvalue weighted by Crippen LogP contribution is 2.33. The Balaban J connectivity index is 1.79. The summed E-state index contributed by atoms with van der Waals surface area (Å²) in [5.41, 5.74) is 3.84. The van der Waals surface area contributed by atoms with Crippen molar-refractivity contribution in [3.63, 3.8) is 0 Å². The number of benzene rings is 5. The Bertz CT molecular complexity index is 1230. The Morgan fingerprint density at radius 3 is 1.76 bits per heavy atom. The first-order chi connectivity index (χ1) is 12.3. The molecule has 0 saturated heterocycles. The average Bonchev–Trinajstić information content (AvgIpc) is 2.67. The van der Waals surface area contributed by atoms with Gasteiger partial charge < -0.3 is 0 Å². The zero-order chi connectivity index (χ0) is 16.8. The first kappa shape index (κ1) is 14.2. The van der Waals surface area contributed by atoms with E-state index in [1.165, 1.54) is 49.0 Å². The average molecular weight is 318 g/mol. The monoisotopic (exact) mass is 318 g/mol. The molecule has 0 fully saturated rings. The molecular weight excluding hydrogens is 300 g/mol. The van der Waals surface area contributed by atoms with Crippen LogP contribution in [0.25, 0.3) is 43.4 Å². The van der Waals surface area contributed by atoms with E-state index in [1.54, 1.807) is 0 Å². The van der Waals surface area contributed by atoms with Crippen LogP contribution in [-0.2, 0) is 0 Å². The molecule has 0 unspecified atom stereocenters. The predicted molar refractivity (Wildman–Crippen MR) is 109 cm³/mol. The Morgan fingerprint density at radius 1 is 0.440 bits per heavy atom. The van der Waals surface area contributed by atoms with Crippen LogP contribution in [0.2, 0.25) is 0 Å². The summed E-state index contributed by atoms with van der Waals surface area (Å²) >= 11 is 0. The Morgan fingerprint density at radius 2 is 1.04 bits per heavy atom. The van der Waals surface area contributed by atoms with Crippen LogP contribution in [-0.4, -0.2) is 0 Å². The fourth-order valence-electron chi connectivity index (χ4n) is 3.82. The Labute approximate surface area is 147 Å². The van der Waals surface area contributed by atoms with Gasteiger partial charge in [-0.15, -0.1) is 0 Å². The lowest BCUT2D eigenvalue weighted by Crippen LogP contribution is -1.83. The van der Waals surface area contributed by atoms with Crippen molar-refractivity contribution in [1.82, 2.24) is 0 Å². The van der Waals surface area contributed by atoms with Gasteiger partial charge in [0.15, 0.2) is 0 Å². The molecule has 0 spiro atoms. The molecule has 0 radical (unpaired) electrons. The molecule has 5 rings (SSSR count). The zero-order valence-corrected chi connectivity index (χ0v) is 14.2. The van der Waals surface area contributed by atoms with Crippen LogP contribution in [0.4, 0.5) is 0 Å². The van der Waals surface area contributed by atoms with Crippen LogP contribution in [0.5, 0.6) is 0 Å². The van der Waals surface area contributed by atoms with E-state index in [0.29, 0.717) is 0 Å². The molecular formula is C25H18. The zero-order valence-electron chi connectivity index (χ0n) is 14.2. The van der Waals surface area contributed by atoms with Crippen molar-refractivity contribution < 1.29 is 0 Å². The summed E-state index contributed by atoms with van der Waals surface area (Å²) in [5, 5.41) is 7.91. The van der Waals surface area contributed by atoms with Gasteiger partial charge in [0.25, 0.3) is 0 Å². The molecule has 0 aromatic heterocycles. The maximum Gasteiger partial charge on any atom is -0.00990 e. The lowest BCUT2D eigenvalue weighted by molar-refractivity contribution is 1.51. The molecule has 118 valence electrons. The first-order valence-corrected chi connectivity index (χ1v) is 8.71. The van der Waals surface area contributed by atoms with E-state index in [4.69, 9.17) is 0 Å². The predicted octanol–water partition coefficient (Wildman–Crippen LogP) is 7.12. The maximum atomic E-state index is 2.30. The number of hydrogen-bond donors (Lipinski definition) is 0. The quantitative estimate of drug-likeness (QED) is 0.289. The minimum atomic E-state index is 1.26. The molecule has 0 N–H and O–H groups in total. The van der Waals surface area contributed by atoms with Gasteiger partial charge in [0.2, 0.25) is 0 Å². The van der Waals surface area contributed by atoms with E-state index >= 15 is 0 Å². The molecule has 25 heavy (non-hydrogen) atoms. The number of hydrogen-bond acceptors (Lipinski definition) is 0. The summed E-state index contributed by atoms with van der Waals surface area (Å²) < 4.78 is 0. The van der Waals surface area contributed by atoms with E-state index < -0.39 is 0 Å². The van der Waals surface area contributed by atoms with Gasteiger partial charge in [-0.3, -0.25) is 0 Å². The smallest absolute Gasteiger partial charge is 0.00990 e. The molecule has 0 saturated carbocycles. The Hall–Kier alpha value is -3.12. The molecule has 0 atom stereocenters. The standard InChI is InChI=1S/C25H18/c1-17-7-11-22-20(15-17)9-13-25-23-12-8-19(18-5-3-2-4-6-18)16-21(23)10-14-24(22)25/h2-16H,1H3. The van der Waals surface area contributed by atoms with Gasteiger partial charge in [-0.25, -0.2) is 0 Å². The minimum Gasteiger partial charge on any atom is -0.0622 e. The molecule has 5 aromatic rings. The first-order valence-electron chi connectivity index (χ1n) is 8.71. The van der Waals surface area contributed by atoms with Crippen molar-refractivity contribution in [2.75, 3.05) is 0 Å².